The highest BCUT2D eigenvalue weighted by Crippen LogP contribution is 2.39. The lowest BCUT2D eigenvalue weighted by Gasteiger charge is -2.20. The summed E-state index contributed by atoms with van der Waals surface area (Å²) in [5, 5.41) is 0. The molecule has 1 aromatic carbocycles. The van der Waals surface area contributed by atoms with Crippen LogP contribution in [0.4, 0.5) is 0 Å². The van der Waals surface area contributed by atoms with E-state index in [1.807, 2.05) is 30.9 Å². The Hall–Kier alpha value is -1.38. The van der Waals surface area contributed by atoms with Crippen molar-refractivity contribution in [2.45, 2.75) is 20.4 Å². The molecule has 0 amide bonds. The van der Waals surface area contributed by atoms with Gasteiger partial charge < -0.3 is 24.8 Å². The zero-order chi connectivity index (χ0) is 15.8. The van der Waals surface area contributed by atoms with Gasteiger partial charge in [-0.25, -0.2) is 4.99 Å². The van der Waals surface area contributed by atoms with Gasteiger partial charge in [-0.05, 0) is 26.0 Å². The second-order valence-electron chi connectivity index (χ2n) is 4.34. The van der Waals surface area contributed by atoms with Gasteiger partial charge in [-0.2, -0.15) is 0 Å². The largest absolute Gasteiger partial charge is 0.493 e. The fraction of sp³-hybridized carbons (Fsp3) is 0.533. The Balaban J connectivity index is 0.00000441. The fourth-order valence-electron chi connectivity index (χ4n) is 2.10. The molecule has 0 saturated heterocycles. The van der Waals surface area contributed by atoms with Gasteiger partial charge in [0.2, 0.25) is 5.75 Å². The molecule has 7 heteroatoms. The molecular formula is C15H26IN3O3. The van der Waals surface area contributed by atoms with E-state index in [0.29, 0.717) is 29.8 Å². The molecule has 1 aromatic rings. The number of nitrogens with zero attached hydrogens (tertiary/aromatic N) is 2. The normalized spacial score (nSPS) is 10.7. The van der Waals surface area contributed by atoms with Gasteiger partial charge in [0.1, 0.15) is 0 Å². The summed E-state index contributed by atoms with van der Waals surface area (Å²) in [7, 11) is 4.77. The SMILES string of the molecule is CCN(CC)C(N)=NCc1ccc(OC)c(OC)c1OC.I. The second-order valence-corrected chi connectivity index (χ2v) is 4.34. The summed E-state index contributed by atoms with van der Waals surface area (Å²) in [6.45, 7) is 6.17. The lowest BCUT2D eigenvalue weighted by Crippen LogP contribution is -2.37. The third-order valence-corrected chi connectivity index (χ3v) is 3.28. The van der Waals surface area contributed by atoms with E-state index in [-0.39, 0.29) is 24.0 Å². The van der Waals surface area contributed by atoms with Crippen LogP contribution >= 0.6 is 24.0 Å². The Morgan fingerprint density at radius 2 is 1.64 bits per heavy atom. The second kappa shape index (κ2) is 10.4. The first-order chi connectivity index (χ1) is 10.1. The van der Waals surface area contributed by atoms with Crippen LogP contribution in [0.15, 0.2) is 17.1 Å². The molecule has 22 heavy (non-hydrogen) atoms. The first-order valence-electron chi connectivity index (χ1n) is 6.95. The molecule has 0 aliphatic heterocycles. The number of ether oxygens (including phenoxy) is 3. The third-order valence-electron chi connectivity index (χ3n) is 3.28. The van der Waals surface area contributed by atoms with Gasteiger partial charge in [-0.3, -0.25) is 0 Å². The van der Waals surface area contributed by atoms with E-state index in [1.54, 1.807) is 21.3 Å². The molecular weight excluding hydrogens is 397 g/mol. The van der Waals surface area contributed by atoms with Crippen LogP contribution < -0.4 is 19.9 Å². The average Bonchev–Trinajstić information content (AvgIpc) is 2.52. The number of guanidine groups is 1. The van der Waals surface area contributed by atoms with Crippen molar-refractivity contribution >= 4 is 29.9 Å². The van der Waals surface area contributed by atoms with Gasteiger partial charge in [0.15, 0.2) is 17.5 Å². The minimum absolute atomic E-state index is 0. The summed E-state index contributed by atoms with van der Waals surface area (Å²) in [5.74, 6) is 2.33. The molecule has 0 aliphatic carbocycles. The average molecular weight is 423 g/mol. The van der Waals surface area contributed by atoms with Crippen molar-refractivity contribution in [3.63, 3.8) is 0 Å². The maximum atomic E-state index is 5.98. The molecule has 0 unspecified atom stereocenters. The van der Waals surface area contributed by atoms with Gasteiger partial charge in [0, 0.05) is 18.7 Å². The first kappa shape index (κ1) is 20.6. The van der Waals surface area contributed by atoms with Crippen LogP contribution in [-0.4, -0.2) is 45.3 Å². The van der Waals surface area contributed by atoms with Gasteiger partial charge in [-0.1, -0.05) is 0 Å². The van der Waals surface area contributed by atoms with E-state index in [0.717, 1.165) is 18.7 Å². The van der Waals surface area contributed by atoms with Crippen molar-refractivity contribution in [3.05, 3.63) is 17.7 Å². The molecule has 0 bridgehead atoms. The Kier molecular flexibility index (Phi) is 9.71. The summed E-state index contributed by atoms with van der Waals surface area (Å²) >= 11 is 0. The van der Waals surface area contributed by atoms with Gasteiger partial charge in [0.05, 0.1) is 27.9 Å². The maximum absolute atomic E-state index is 5.98. The highest BCUT2D eigenvalue weighted by atomic mass is 127. The number of nitrogens with two attached hydrogens (primary N) is 1. The molecule has 6 nitrogen and oxygen atoms in total. The highest BCUT2D eigenvalue weighted by molar-refractivity contribution is 14.0. The van der Waals surface area contributed by atoms with Crippen molar-refractivity contribution in [2.75, 3.05) is 34.4 Å². The van der Waals surface area contributed by atoms with E-state index >= 15 is 0 Å². The molecule has 0 saturated carbocycles. The third kappa shape index (κ3) is 4.82. The highest BCUT2D eigenvalue weighted by Gasteiger charge is 2.15. The number of rotatable bonds is 7. The molecule has 0 atom stereocenters. The van der Waals surface area contributed by atoms with Gasteiger partial charge >= 0.3 is 0 Å². The Morgan fingerprint density at radius 3 is 2.09 bits per heavy atom. The van der Waals surface area contributed by atoms with Crippen LogP contribution in [0.1, 0.15) is 19.4 Å². The monoisotopic (exact) mass is 423 g/mol. The Labute approximate surface area is 149 Å². The molecule has 0 aromatic heterocycles. The predicted molar refractivity (Wildman–Crippen MR) is 99.8 cm³/mol. The zero-order valence-electron chi connectivity index (χ0n) is 13.9. The van der Waals surface area contributed by atoms with E-state index in [2.05, 4.69) is 4.99 Å². The van der Waals surface area contributed by atoms with E-state index in [1.165, 1.54) is 0 Å². The molecule has 2 N–H and O–H groups in total. The molecule has 0 fully saturated rings. The van der Waals surface area contributed by atoms with Crippen LogP contribution in [0.2, 0.25) is 0 Å². The Bertz CT molecular complexity index is 491. The molecule has 126 valence electrons. The number of halogens is 1. The standard InChI is InChI=1S/C15H25N3O3.HI/c1-6-18(7-2)15(16)17-10-11-8-9-12(19-3)14(21-5)13(11)20-4;/h8-9H,6-7,10H2,1-5H3,(H2,16,17);1H. The smallest absolute Gasteiger partial charge is 0.203 e. The topological polar surface area (TPSA) is 69.3 Å². The summed E-state index contributed by atoms with van der Waals surface area (Å²) < 4.78 is 16.0. The summed E-state index contributed by atoms with van der Waals surface area (Å²) in [5.41, 5.74) is 6.88. The minimum Gasteiger partial charge on any atom is -0.493 e. The quantitative estimate of drug-likeness (QED) is 0.415. The van der Waals surface area contributed by atoms with Crippen molar-refractivity contribution in [1.82, 2.24) is 4.90 Å². The van der Waals surface area contributed by atoms with Gasteiger partial charge in [0.25, 0.3) is 0 Å². The van der Waals surface area contributed by atoms with Crippen LogP contribution in [0.25, 0.3) is 0 Å². The molecule has 0 heterocycles. The Morgan fingerprint density at radius 1 is 1.05 bits per heavy atom. The molecule has 0 aliphatic rings. The van der Waals surface area contributed by atoms with E-state index in [9.17, 15) is 0 Å². The lowest BCUT2D eigenvalue weighted by molar-refractivity contribution is 0.322. The van der Waals surface area contributed by atoms with Crippen molar-refractivity contribution in [1.29, 1.82) is 0 Å². The number of hydrogen-bond acceptors (Lipinski definition) is 4. The van der Waals surface area contributed by atoms with Crippen molar-refractivity contribution in [2.24, 2.45) is 10.7 Å². The number of hydrogen-bond donors (Lipinski definition) is 1. The lowest BCUT2D eigenvalue weighted by atomic mass is 10.1. The van der Waals surface area contributed by atoms with Crippen LogP contribution in [0.3, 0.4) is 0 Å². The van der Waals surface area contributed by atoms with Crippen LogP contribution in [0, 0.1) is 0 Å². The summed E-state index contributed by atoms with van der Waals surface area (Å²) in [6.07, 6.45) is 0. The summed E-state index contributed by atoms with van der Waals surface area (Å²) in [4.78, 5) is 6.41. The summed E-state index contributed by atoms with van der Waals surface area (Å²) in [6, 6.07) is 3.74. The fourth-order valence-corrected chi connectivity index (χ4v) is 2.10. The number of aliphatic imine (C=N–C) groups is 1. The van der Waals surface area contributed by atoms with Crippen LogP contribution in [-0.2, 0) is 6.54 Å². The van der Waals surface area contributed by atoms with Crippen LogP contribution in [0.5, 0.6) is 17.2 Å². The van der Waals surface area contributed by atoms with E-state index < -0.39 is 0 Å². The minimum atomic E-state index is 0. The van der Waals surface area contributed by atoms with Crippen molar-refractivity contribution < 1.29 is 14.2 Å². The predicted octanol–water partition coefficient (Wildman–Crippen LogP) is 2.49. The first-order valence-corrected chi connectivity index (χ1v) is 6.95. The zero-order valence-corrected chi connectivity index (χ0v) is 16.2. The molecule has 0 spiro atoms. The molecule has 0 radical (unpaired) electrons. The molecule has 1 rings (SSSR count). The van der Waals surface area contributed by atoms with Gasteiger partial charge in [-0.15, -0.1) is 24.0 Å². The maximum Gasteiger partial charge on any atom is 0.203 e. The van der Waals surface area contributed by atoms with E-state index in [4.69, 9.17) is 19.9 Å². The number of benzene rings is 1. The van der Waals surface area contributed by atoms with Crippen molar-refractivity contribution in [3.8, 4) is 17.2 Å². The number of methoxy groups -OCH3 is 3.